The molecule has 1 N–H and O–H groups in total. The first-order chi connectivity index (χ1) is 9.15. The molecule has 4 heteroatoms. The fraction of sp³-hybridized carbons (Fsp3) is 0.0667. The van der Waals surface area contributed by atoms with E-state index in [-0.39, 0.29) is 5.75 Å². The van der Waals surface area contributed by atoms with E-state index < -0.39 is 5.97 Å². The quantitative estimate of drug-likeness (QED) is 0.521. The molecular weight excluding hydrogens is 242 g/mol. The van der Waals surface area contributed by atoms with Crippen LogP contribution >= 0.6 is 0 Å². The number of aromatic hydroxyl groups is 1. The molecule has 0 heterocycles. The Balaban J connectivity index is 1.96. The molecule has 0 saturated heterocycles. The summed E-state index contributed by atoms with van der Waals surface area (Å²) in [7, 11) is 0. The second kappa shape index (κ2) is 5.82. The zero-order valence-electron chi connectivity index (χ0n) is 10.4. The van der Waals surface area contributed by atoms with Gasteiger partial charge in [-0.1, -0.05) is 22.9 Å². The number of aryl methyl sites for hydroxylation is 1. The number of nitrogens with zero attached hydrogens (tertiary/aromatic N) is 1. The molecule has 0 bridgehead atoms. The van der Waals surface area contributed by atoms with E-state index in [1.807, 2.05) is 19.1 Å². The molecule has 0 saturated carbocycles. The number of hydrogen-bond acceptors (Lipinski definition) is 4. The summed E-state index contributed by atoms with van der Waals surface area (Å²) in [4.78, 5) is 16.4. The third kappa shape index (κ3) is 3.67. The van der Waals surface area contributed by atoms with Crippen molar-refractivity contribution in [1.82, 2.24) is 0 Å². The lowest BCUT2D eigenvalue weighted by Crippen LogP contribution is -2.00. The van der Waals surface area contributed by atoms with Crippen LogP contribution in [0.1, 0.15) is 21.5 Å². The first kappa shape index (κ1) is 12.8. The summed E-state index contributed by atoms with van der Waals surface area (Å²) in [5.41, 5.74) is 2.26. The number of oxime groups is 1. The molecule has 2 aromatic carbocycles. The average molecular weight is 255 g/mol. The van der Waals surface area contributed by atoms with Crippen LogP contribution in [0.15, 0.2) is 53.7 Å². The van der Waals surface area contributed by atoms with Gasteiger partial charge in [-0.2, -0.15) is 0 Å². The van der Waals surface area contributed by atoms with Crippen LogP contribution in [0.25, 0.3) is 0 Å². The van der Waals surface area contributed by atoms with Crippen molar-refractivity contribution in [2.75, 3.05) is 0 Å². The molecule has 0 aliphatic rings. The summed E-state index contributed by atoms with van der Waals surface area (Å²) in [6.07, 6.45) is 1.41. The molecule has 0 aromatic heterocycles. The first-order valence-electron chi connectivity index (χ1n) is 5.75. The summed E-state index contributed by atoms with van der Waals surface area (Å²) in [5, 5.41) is 12.7. The fourth-order valence-electron chi connectivity index (χ4n) is 1.44. The van der Waals surface area contributed by atoms with Gasteiger partial charge in [-0.15, -0.1) is 0 Å². The Kier molecular flexibility index (Phi) is 3.93. The highest BCUT2D eigenvalue weighted by atomic mass is 16.7. The van der Waals surface area contributed by atoms with E-state index in [0.717, 1.165) is 11.1 Å². The van der Waals surface area contributed by atoms with Crippen LogP contribution in [0, 0.1) is 6.92 Å². The number of phenols is 1. The van der Waals surface area contributed by atoms with E-state index in [2.05, 4.69) is 5.16 Å². The predicted molar refractivity (Wildman–Crippen MR) is 72.3 cm³/mol. The van der Waals surface area contributed by atoms with E-state index in [9.17, 15) is 4.79 Å². The molecule has 19 heavy (non-hydrogen) atoms. The monoisotopic (exact) mass is 255 g/mol. The highest BCUT2D eigenvalue weighted by Crippen LogP contribution is 2.08. The van der Waals surface area contributed by atoms with E-state index in [0.29, 0.717) is 5.56 Å². The Morgan fingerprint density at radius 3 is 2.37 bits per heavy atom. The maximum Gasteiger partial charge on any atom is 0.365 e. The van der Waals surface area contributed by atoms with Crippen LogP contribution in [0.2, 0.25) is 0 Å². The van der Waals surface area contributed by atoms with Gasteiger partial charge in [0.2, 0.25) is 0 Å². The average Bonchev–Trinajstić information content (AvgIpc) is 2.41. The summed E-state index contributed by atoms with van der Waals surface area (Å²) >= 11 is 0. The summed E-state index contributed by atoms with van der Waals surface area (Å²) in [5.74, 6) is -0.330. The van der Waals surface area contributed by atoms with Gasteiger partial charge < -0.3 is 9.94 Å². The molecule has 4 nitrogen and oxygen atoms in total. The number of benzene rings is 2. The maximum atomic E-state index is 11.6. The van der Waals surface area contributed by atoms with Gasteiger partial charge in [-0.05, 0) is 48.9 Å². The Morgan fingerprint density at radius 1 is 1.11 bits per heavy atom. The van der Waals surface area contributed by atoms with Gasteiger partial charge in [0.15, 0.2) is 0 Å². The molecule has 96 valence electrons. The van der Waals surface area contributed by atoms with Crippen molar-refractivity contribution in [1.29, 1.82) is 0 Å². The van der Waals surface area contributed by atoms with Gasteiger partial charge in [0.25, 0.3) is 0 Å². The van der Waals surface area contributed by atoms with Gasteiger partial charge >= 0.3 is 5.97 Å². The molecular formula is C15H13NO3. The lowest BCUT2D eigenvalue weighted by molar-refractivity contribution is 0.0519. The number of hydrogen-bond donors (Lipinski definition) is 1. The van der Waals surface area contributed by atoms with Gasteiger partial charge in [-0.25, -0.2) is 4.79 Å². The fourth-order valence-corrected chi connectivity index (χ4v) is 1.44. The molecule has 0 unspecified atom stereocenters. The Morgan fingerprint density at radius 2 is 1.74 bits per heavy atom. The van der Waals surface area contributed by atoms with Crippen molar-refractivity contribution >= 4 is 12.2 Å². The highest BCUT2D eigenvalue weighted by molar-refractivity contribution is 5.90. The van der Waals surface area contributed by atoms with E-state index in [1.54, 1.807) is 24.3 Å². The summed E-state index contributed by atoms with van der Waals surface area (Å²) in [6.45, 7) is 1.94. The molecule has 0 spiro atoms. The third-order valence-corrected chi connectivity index (χ3v) is 2.52. The SMILES string of the molecule is Cc1ccc(C(=O)O/N=C/c2ccc(O)cc2)cc1. The molecule has 0 atom stereocenters. The Hall–Kier alpha value is -2.62. The standard InChI is InChI=1S/C15H13NO3/c1-11-2-6-13(7-3-11)15(18)19-16-10-12-4-8-14(17)9-5-12/h2-10,17H,1H3/b16-10+. The lowest BCUT2D eigenvalue weighted by Gasteiger charge is -1.98. The number of phenolic OH excluding ortho intramolecular Hbond substituents is 1. The van der Waals surface area contributed by atoms with Crippen molar-refractivity contribution in [3.8, 4) is 5.75 Å². The van der Waals surface area contributed by atoms with Gasteiger partial charge in [0.05, 0.1) is 11.8 Å². The maximum absolute atomic E-state index is 11.6. The van der Waals surface area contributed by atoms with E-state index in [4.69, 9.17) is 9.94 Å². The Labute approximate surface area is 111 Å². The molecule has 2 rings (SSSR count). The molecule has 0 aliphatic heterocycles. The minimum Gasteiger partial charge on any atom is -0.508 e. The van der Waals surface area contributed by atoms with Crippen molar-refractivity contribution in [2.45, 2.75) is 6.92 Å². The summed E-state index contributed by atoms with van der Waals surface area (Å²) in [6, 6.07) is 13.4. The smallest absolute Gasteiger partial charge is 0.365 e. The van der Waals surface area contributed by atoms with Crippen LogP contribution in [0.5, 0.6) is 5.75 Å². The van der Waals surface area contributed by atoms with Gasteiger partial charge in [0.1, 0.15) is 5.75 Å². The van der Waals surface area contributed by atoms with Crippen LogP contribution in [0.4, 0.5) is 0 Å². The van der Waals surface area contributed by atoms with E-state index >= 15 is 0 Å². The largest absolute Gasteiger partial charge is 0.508 e. The van der Waals surface area contributed by atoms with E-state index in [1.165, 1.54) is 18.3 Å². The van der Waals surface area contributed by atoms with Crippen LogP contribution < -0.4 is 0 Å². The summed E-state index contributed by atoms with van der Waals surface area (Å²) < 4.78 is 0. The van der Waals surface area contributed by atoms with Crippen LogP contribution in [-0.4, -0.2) is 17.3 Å². The second-order valence-corrected chi connectivity index (χ2v) is 4.07. The predicted octanol–water partition coefficient (Wildman–Crippen LogP) is 2.89. The zero-order chi connectivity index (χ0) is 13.7. The van der Waals surface area contributed by atoms with Crippen molar-refractivity contribution < 1.29 is 14.7 Å². The third-order valence-electron chi connectivity index (χ3n) is 2.52. The van der Waals surface area contributed by atoms with Gasteiger partial charge in [0, 0.05) is 0 Å². The molecule has 0 radical (unpaired) electrons. The molecule has 0 fully saturated rings. The molecule has 0 aliphatic carbocycles. The minimum atomic E-state index is -0.505. The number of carbonyl (C=O) groups excluding carboxylic acids is 1. The van der Waals surface area contributed by atoms with Gasteiger partial charge in [-0.3, -0.25) is 0 Å². The minimum absolute atomic E-state index is 0.175. The zero-order valence-corrected chi connectivity index (χ0v) is 10.4. The first-order valence-corrected chi connectivity index (χ1v) is 5.75. The molecule has 2 aromatic rings. The number of rotatable bonds is 3. The number of carbonyl (C=O) groups is 1. The van der Waals surface area contributed by atoms with Crippen molar-refractivity contribution in [3.63, 3.8) is 0 Å². The van der Waals surface area contributed by atoms with Crippen molar-refractivity contribution in [2.24, 2.45) is 5.16 Å². The Bertz CT molecular complexity index is 586. The topological polar surface area (TPSA) is 58.9 Å². The van der Waals surface area contributed by atoms with Crippen molar-refractivity contribution in [3.05, 3.63) is 65.2 Å². The normalized spacial score (nSPS) is 10.6. The second-order valence-electron chi connectivity index (χ2n) is 4.07. The molecule has 0 amide bonds. The van der Waals surface area contributed by atoms with Crippen LogP contribution in [-0.2, 0) is 4.84 Å². The lowest BCUT2D eigenvalue weighted by atomic mass is 10.2. The van der Waals surface area contributed by atoms with Crippen LogP contribution in [0.3, 0.4) is 0 Å². The highest BCUT2D eigenvalue weighted by Gasteiger charge is 2.05.